The number of nitrogens with zero attached hydrogens (tertiary/aromatic N) is 2. The zero-order valence-corrected chi connectivity index (χ0v) is 19.6. The largest absolute Gasteiger partial charge is 0.472 e. The lowest BCUT2D eigenvalue weighted by Crippen LogP contribution is -2.37. The fraction of sp³-hybridized carbons (Fsp3) is 0.280. The Morgan fingerprint density at radius 3 is 2.71 bits per heavy atom. The first kappa shape index (κ1) is 23.3. The maximum Gasteiger partial charge on any atom is 0.290 e. The molecule has 2 aromatic heterocycles. The van der Waals surface area contributed by atoms with E-state index < -0.39 is 5.91 Å². The lowest BCUT2D eigenvalue weighted by molar-refractivity contribution is -0.115. The molecule has 1 aliphatic heterocycles. The second kappa shape index (κ2) is 10.4. The van der Waals surface area contributed by atoms with E-state index in [0.29, 0.717) is 29.1 Å². The molecule has 10 heteroatoms. The van der Waals surface area contributed by atoms with Gasteiger partial charge in [0.05, 0.1) is 23.1 Å². The van der Waals surface area contributed by atoms with Gasteiger partial charge in [-0.3, -0.25) is 14.9 Å². The van der Waals surface area contributed by atoms with Gasteiger partial charge in [-0.05, 0) is 78.9 Å². The van der Waals surface area contributed by atoms with Crippen LogP contribution in [0.5, 0.6) is 0 Å². The molecular weight excluding hydrogens is 469 g/mol. The summed E-state index contributed by atoms with van der Waals surface area (Å²) in [6.07, 6.45) is 10.3. The second-order valence-electron chi connectivity index (χ2n) is 8.54. The van der Waals surface area contributed by atoms with Crippen molar-refractivity contribution in [1.29, 1.82) is 0 Å². The molecule has 2 fully saturated rings. The Hall–Kier alpha value is -3.50. The van der Waals surface area contributed by atoms with E-state index in [1.54, 1.807) is 36.9 Å². The third kappa shape index (κ3) is 5.77. The summed E-state index contributed by atoms with van der Waals surface area (Å²) in [6.45, 7) is 0.650. The normalized spacial score (nSPS) is 21.3. The van der Waals surface area contributed by atoms with Gasteiger partial charge in [0.15, 0.2) is 0 Å². The van der Waals surface area contributed by atoms with E-state index in [9.17, 15) is 14.0 Å². The van der Waals surface area contributed by atoms with E-state index in [2.05, 4.69) is 25.9 Å². The molecule has 180 valence electrons. The molecular formula is C25H24FN5O3S. The zero-order chi connectivity index (χ0) is 24.2. The Bertz CT molecular complexity index is 1260. The molecule has 35 heavy (non-hydrogen) atoms. The quantitative estimate of drug-likeness (QED) is 0.406. The molecule has 1 saturated carbocycles. The van der Waals surface area contributed by atoms with E-state index in [1.807, 2.05) is 12.1 Å². The molecule has 8 nitrogen and oxygen atoms in total. The molecule has 1 aliphatic carbocycles. The van der Waals surface area contributed by atoms with Crippen LogP contribution in [0.1, 0.15) is 36.9 Å². The highest BCUT2D eigenvalue weighted by atomic mass is 32.2. The van der Waals surface area contributed by atoms with E-state index in [1.165, 1.54) is 6.07 Å². The molecule has 5 rings (SSSR count). The number of nitrogens with one attached hydrogen (secondary N) is 3. The second-order valence-corrected chi connectivity index (χ2v) is 9.56. The number of thioether (sulfide) groups is 1. The van der Waals surface area contributed by atoms with Crippen molar-refractivity contribution in [2.75, 3.05) is 5.32 Å². The molecule has 3 aromatic rings. The van der Waals surface area contributed by atoms with E-state index in [-0.39, 0.29) is 17.1 Å². The van der Waals surface area contributed by atoms with Gasteiger partial charge in [0.1, 0.15) is 5.82 Å². The van der Waals surface area contributed by atoms with Crippen LogP contribution in [0.25, 0.3) is 17.2 Å². The third-order valence-electron chi connectivity index (χ3n) is 6.14. The first-order valence-corrected chi connectivity index (χ1v) is 12.2. The Balaban J connectivity index is 1.14. The minimum atomic E-state index is -0.406. The number of carbonyl (C=O) groups is 2. The van der Waals surface area contributed by atoms with Gasteiger partial charge in [0, 0.05) is 30.4 Å². The average molecular weight is 494 g/mol. The highest BCUT2D eigenvalue weighted by Crippen LogP contribution is 2.27. The van der Waals surface area contributed by atoms with Gasteiger partial charge in [-0.2, -0.15) is 0 Å². The van der Waals surface area contributed by atoms with Gasteiger partial charge in [-0.15, -0.1) is 0 Å². The van der Waals surface area contributed by atoms with Crippen LogP contribution in [-0.4, -0.2) is 33.2 Å². The van der Waals surface area contributed by atoms with Crippen LogP contribution in [0, 0.1) is 5.82 Å². The van der Waals surface area contributed by atoms with Gasteiger partial charge in [0.2, 0.25) is 5.95 Å². The minimum Gasteiger partial charge on any atom is -0.472 e. The Morgan fingerprint density at radius 2 is 1.97 bits per heavy atom. The number of carbonyl (C=O) groups excluding carboxylic acids is 2. The number of benzene rings is 1. The number of anilines is 1. The predicted molar refractivity (Wildman–Crippen MR) is 132 cm³/mol. The van der Waals surface area contributed by atoms with Crippen LogP contribution >= 0.6 is 11.8 Å². The van der Waals surface area contributed by atoms with Crippen LogP contribution in [0.4, 0.5) is 15.1 Å². The molecule has 0 atom stereocenters. The standard InChI is InChI=1S/C25H24FN5O3S/c26-17-2-1-15(21(11-17)16-8-10-34-14-16)13-28-18-3-5-19(6-4-18)29-24-27-9-7-20(30-24)12-22-23(32)31-25(33)35-22/h1-2,7-12,14,18-19,28H,3-6,13H2,(H,27,29,30)(H,31,32,33)/b22-12-. The molecule has 2 amide bonds. The smallest absolute Gasteiger partial charge is 0.290 e. The number of amides is 2. The van der Waals surface area contributed by atoms with Crippen LogP contribution < -0.4 is 16.0 Å². The summed E-state index contributed by atoms with van der Waals surface area (Å²) in [5, 5.41) is 8.86. The van der Waals surface area contributed by atoms with Crippen molar-refractivity contribution in [1.82, 2.24) is 20.6 Å². The number of aromatic nitrogens is 2. The lowest BCUT2D eigenvalue weighted by Gasteiger charge is -2.30. The van der Waals surface area contributed by atoms with Gasteiger partial charge < -0.3 is 15.1 Å². The van der Waals surface area contributed by atoms with Crippen molar-refractivity contribution in [3.63, 3.8) is 0 Å². The predicted octanol–water partition coefficient (Wildman–Crippen LogP) is 4.71. The summed E-state index contributed by atoms with van der Waals surface area (Å²) < 4.78 is 19.0. The minimum absolute atomic E-state index is 0.244. The summed E-state index contributed by atoms with van der Waals surface area (Å²) in [5.41, 5.74) is 3.30. The summed E-state index contributed by atoms with van der Waals surface area (Å²) in [5.74, 6) is -0.171. The van der Waals surface area contributed by atoms with Crippen LogP contribution in [0.2, 0.25) is 0 Å². The highest BCUT2D eigenvalue weighted by molar-refractivity contribution is 8.18. The number of halogens is 1. The lowest BCUT2D eigenvalue weighted by atomic mass is 9.91. The average Bonchev–Trinajstić information content (AvgIpc) is 3.49. The van der Waals surface area contributed by atoms with Crippen molar-refractivity contribution in [2.24, 2.45) is 0 Å². The molecule has 2 aliphatic rings. The summed E-state index contributed by atoms with van der Waals surface area (Å²) in [4.78, 5) is 32.2. The first-order chi connectivity index (χ1) is 17.0. The first-order valence-electron chi connectivity index (χ1n) is 11.4. The fourth-order valence-corrected chi connectivity index (χ4v) is 5.01. The number of hydrogen-bond donors (Lipinski definition) is 3. The maximum absolute atomic E-state index is 13.8. The van der Waals surface area contributed by atoms with Crippen molar-refractivity contribution in [3.8, 4) is 11.1 Å². The zero-order valence-electron chi connectivity index (χ0n) is 18.8. The number of furan rings is 1. The molecule has 0 bridgehead atoms. The van der Waals surface area contributed by atoms with Crippen molar-refractivity contribution < 1.29 is 18.4 Å². The Kier molecular flexibility index (Phi) is 6.91. The Labute approximate surface area is 205 Å². The molecule has 1 saturated heterocycles. The van der Waals surface area contributed by atoms with Crippen molar-refractivity contribution in [2.45, 2.75) is 44.3 Å². The van der Waals surface area contributed by atoms with Gasteiger partial charge >= 0.3 is 0 Å². The monoisotopic (exact) mass is 493 g/mol. The summed E-state index contributed by atoms with van der Waals surface area (Å²) >= 11 is 0.864. The number of rotatable bonds is 7. The molecule has 3 N–H and O–H groups in total. The molecule has 0 spiro atoms. The number of imide groups is 1. The highest BCUT2D eigenvalue weighted by Gasteiger charge is 2.25. The van der Waals surface area contributed by atoms with Crippen LogP contribution in [-0.2, 0) is 11.3 Å². The van der Waals surface area contributed by atoms with Gasteiger partial charge in [-0.25, -0.2) is 14.4 Å². The van der Waals surface area contributed by atoms with E-state index in [0.717, 1.165) is 54.1 Å². The topological polar surface area (TPSA) is 109 Å². The molecule has 3 heterocycles. The van der Waals surface area contributed by atoms with Crippen molar-refractivity contribution in [3.05, 3.63) is 71.0 Å². The molecule has 0 unspecified atom stereocenters. The van der Waals surface area contributed by atoms with Crippen LogP contribution in [0.15, 0.2) is 58.4 Å². The molecule has 1 aromatic carbocycles. The van der Waals surface area contributed by atoms with Gasteiger partial charge in [-0.1, -0.05) is 6.07 Å². The van der Waals surface area contributed by atoms with Crippen molar-refractivity contribution >= 4 is 34.9 Å². The summed E-state index contributed by atoms with van der Waals surface area (Å²) in [7, 11) is 0. The Morgan fingerprint density at radius 1 is 1.14 bits per heavy atom. The van der Waals surface area contributed by atoms with Gasteiger partial charge in [0.25, 0.3) is 11.1 Å². The molecule has 0 radical (unpaired) electrons. The fourth-order valence-electron chi connectivity index (χ4n) is 4.35. The van der Waals surface area contributed by atoms with Crippen LogP contribution in [0.3, 0.4) is 0 Å². The maximum atomic E-state index is 13.8. The SMILES string of the molecule is O=C1NC(=O)/C(=C/c2ccnc(NC3CCC(NCc4ccc(F)cc4-c4ccoc4)CC3)n2)S1. The van der Waals surface area contributed by atoms with E-state index >= 15 is 0 Å². The summed E-state index contributed by atoms with van der Waals surface area (Å²) in [6, 6.07) is 8.99. The number of hydrogen-bond acceptors (Lipinski definition) is 8. The van der Waals surface area contributed by atoms with E-state index in [4.69, 9.17) is 4.42 Å². The third-order valence-corrected chi connectivity index (χ3v) is 6.95.